The number of halogens is 1. The van der Waals surface area contributed by atoms with Gasteiger partial charge in [0.15, 0.2) is 0 Å². The molecule has 0 saturated carbocycles. The maximum absolute atomic E-state index is 10.8. The number of fused-ring (bicyclic) bond motifs is 2. The van der Waals surface area contributed by atoms with E-state index in [9.17, 15) is 20.2 Å². The van der Waals surface area contributed by atoms with Gasteiger partial charge in [-0.3, -0.25) is 30.2 Å². The monoisotopic (exact) mass is 662 g/mol. The van der Waals surface area contributed by atoms with Crippen molar-refractivity contribution >= 4 is 38.7 Å². The van der Waals surface area contributed by atoms with E-state index in [4.69, 9.17) is 9.47 Å². The smallest absolute Gasteiger partial charge is 0.870 e. The minimum absolute atomic E-state index is 0. The Hall–Kier alpha value is -3.82. The normalized spacial score (nSPS) is 12.2. The van der Waals surface area contributed by atoms with Crippen molar-refractivity contribution in [1.29, 1.82) is 0 Å². The number of non-ortho nitro benzene ring substituents is 2. The number of hydrogen-bond acceptors (Lipinski definition) is 11. The number of pyridine rings is 2. The summed E-state index contributed by atoms with van der Waals surface area (Å²) in [5.74, 6) is 1.12. The summed E-state index contributed by atoms with van der Waals surface area (Å²) in [5, 5.41) is 25.2. The molecule has 2 aliphatic rings. The van der Waals surface area contributed by atoms with Crippen molar-refractivity contribution in [2.75, 3.05) is 36.5 Å². The molecule has 0 amide bonds. The zero-order valence-electron chi connectivity index (χ0n) is 23.3. The van der Waals surface area contributed by atoms with Crippen molar-refractivity contribution < 1.29 is 54.4 Å². The van der Waals surface area contributed by atoms with Crippen LogP contribution in [0, 0.1) is 20.2 Å². The zero-order valence-corrected chi connectivity index (χ0v) is 26.9. The maximum Gasteiger partial charge on any atom is 1.00 e. The molecule has 2 aromatic carbocycles. The van der Waals surface area contributed by atoms with E-state index >= 15 is 0 Å². The summed E-state index contributed by atoms with van der Waals surface area (Å²) in [7, 11) is 0. The van der Waals surface area contributed by atoms with Gasteiger partial charge in [-0.25, -0.2) is 0 Å². The van der Waals surface area contributed by atoms with Gasteiger partial charge in [-0.2, -0.15) is 0 Å². The van der Waals surface area contributed by atoms with Crippen molar-refractivity contribution in [3.05, 3.63) is 117 Å². The fraction of sp³-hybridized carbons (Fsp3) is 0.214. The number of nitrogens with one attached hydrogen (secondary N) is 1. The van der Waals surface area contributed by atoms with Gasteiger partial charge >= 0.3 is 29.6 Å². The summed E-state index contributed by atoms with van der Waals surface area (Å²) in [4.78, 5) is 30.5. The molecule has 4 heterocycles. The third-order valence-electron chi connectivity index (χ3n) is 5.94. The van der Waals surface area contributed by atoms with Gasteiger partial charge in [0, 0.05) is 55.3 Å². The molecule has 15 heteroatoms. The van der Waals surface area contributed by atoms with Crippen molar-refractivity contribution in [2.24, 2.45) is 0 Å². The number of aromatic nitrogens is 2. The van der Waals surface area contributed by atoms with Crippen LogP contribution in [-0.4, -0.2) is 51.6 Å². The summed E-state index contributed by atoms with van der Waals surface area (Å²) in [5.41, 5.74) is 4.11. The van der Waals surface area contributed by atoms with E-state index in [0.29, 0.717) is 31.3 Å². The first-order valence-electron chi connectivity index (χ1n) is 12.6. The fourth-order valence-corrected chi connectivity index (χ4v) is 4.30. The molecule has 0 saturated heterocycles. The van der Waals surface area contributed by atoms with Gasteiger partial charge in [-0.1, -0.05) is 28.1 Å². The van der Waals surface area contributed by atoms with Crippen LogP contribution >= 0.6 is 15.9 Å². The Morgan fingerprint density at radius 2 is 1.47 bits per heavy atom. The second-order valence-electron chi connectivity index (χ2n) is 8.75. The van der Waals surface area contributed by atoms with Crippen molar-refractivity contribution in [2.45, 2.75) is 11.9 Å². The first kappa shape index (κ1) is 35.4. The largest absolute Gasteiger partial charge is 1.00 e. The van der Waals surface area contributed by atoms with Crippen LogP contribution in [0.4, 0.5) is 22.7 Å². The maximum atomic E-state index is 10.8. The molecule has 2 aromatic heterocycles. The molecule has 0 radical (unpaired) electrons. The quantitative estimate of drug-likeness (QED) is 0.144. The minimum Gasteiger partial charge on any atom is -0.870 e. The van der Waals surface area contributed by atoms with E-state index in [1.807, 2.05) is 36.7 Å². The molecular weight excluding hydrogens is 635 g/mol. The molecular formula is C28H28BrN6NaO7. The zero-order chi connectivity index (χ0) is 29.0. The van der Waals surface area contributed by atoms with Crippen LogP contribution in [0.3, 0.4) is 0 Å². The standard InChI is InChI=1S/C14H13N3O3.C8H8N2O3.C6H6BrN.Na.H2O/c18-17(19)12-3-4-13-14(8-12)20-7-6-16(13)10-11-2-1-5-15-9-11;11-10(12)6-1-2-7-8(5-6)13-4-3-9-7;7-4-6-2-1-3-8-5-6;;/h1-5,8-9H,6-7,10H2;1-2,5,9H,3-4H2;1-3,5H,4H2;;1H2/q;;;+1;/p-1. The molecule has 220 valence electrons. The third kappa shape index (κ3) is 10.4. The number of nitro groups is 2. The van der Waals surface area contributed by atoms with Crippen molar-refractivity contribution in [3.63, 3.8) is 0 Å². The fourth-order valence-electron chi connectivity index (χ4n) is 3.97. The Morgan fingerprint density at radius 3 is 2.05 bits per heavy atom. The van der Waals surface area contributed by atoms with Gasteiger partial charge in [-0.05, 0) is 35.4 Å². The first-order valence-corrected chi connectivity index (χ1v) is 13.7. The topological polar surface area (TPSA) is 176 Å². The summed E-state index contributed by atoms with van der Waals surface area (Å²) in [6.07, 6.45) is 7.17. The second-order valence-corrected chi connectivity index (χ2v) is 9.31. The Kier molecular flexibility index (Phi) is 14.8. The number of ether oxygens (including phenoxy) is 2. The predicted molar refractivity (Wildman–Crippen MR) is 160 cm³/mol. The molecule has 43 heavy (non-hydrogen) atoms. The average molecular weight is 663 g/mol. The first-order chi connectivity index (χ1) is 19.9. The van der Waals surface area contributed by atoms with Gasteiger partial charge in [0.25, 0.3) is 11.4 Å². The summed E-state index contributed by atoms with van der Waals surface area (Å²) in [6, 6.07) is 17.1. The molecule has 4 aromatic rings. The van der Waals surface area contributed by atoms with E-state index in [1.54, 1.807) is 24.5 Å². The SMILES string of the molecule is BrCc1cccnc1.O=[N+]([O-])c1ccc2c(c1)OCCN2.O=[N+]([O-])c1ccc2c(c1)OCCN2Cc1cccnc1.[Na+].[OH-]. The number of nitrogens with zero attached hydrogens (tertiary/aromatic N) is 5. The molecule has 0 fully saturated rings. The van der Waals surface area contributed by atoms with Gasteiger partial charge in [0.2, 0.25) is 0 Å². The Labute approximate surface area is 278 Å². The van der Waals surface area contributed by atoms with Gasteiger partial charge < -0.3 is 25.2 Å². The van der Waals surface area contributed by atoms with Gasteiger partial charge in [-0.15, -0.1) is 0 Å². The molecule has 0 aliphatic carbocycles. The van der Waals surface area contributed by atoms with Gasteiger partial charge in [0.05, 0.1) is 39.9 Å². The number of rotatable bonds is 5. The van der Waals surface area contributed by atoms with Crippen LogP contribution in [0.2, 0.25) is 0 Å². The number of hydrogen-bond donors (Lipinski definition) is 1. The summed E-state index contributed by atoms with van der Waals surface area (Å²) in [6.45, 7) is 3.27. The van der Waals surface area contributed by atoms with Crippen LogP contribution < -0.4 is 49.2 Å². The molecule has 2 N–H and O–H groups in total. The van der Waals surface area contributed by atoms with E-state index in [-0.39, 0.29) is 46.4 Å². The van der Waals surface area contributed by atoms with Gasteiger partial charge in [0.1, 0.15) is 24.7 Å². The molecule has 0 spiro atoms. The minimum atomic E-state index is -0.432. The van der Waals surface area contributed by atoms with E-state index < -0.39 is 9.85 Å². The molecule has 6 rings (SSSR count). The molecule has 0 atom stereocenters. The molecule has 0 bridgehead atoms. The van der Waals surface area contributed by atoms with Crippen LogP contribution in [0.1, 0.15) is 11.1 Å². The Balaban J connectivity index is 0.000000242. The average Bonchev–Trinajstić information content (AvgIpc) is 3.02. The molecule has 2 aliphatic heterocycles. The molecule has 0 unspecified atom stereocenters. The van der Waals surface area contributed by atoms with E-state index in [0.717, 1.165) is 35.4 Å². The predicted octanol–water partition coefficient (Wildman–Crippen LogP) is 2.59. The van der Waals surface area contributed by atoms with Crippen LogP contribution in [0.5, 0.6) is 11.5 Å². The summed E-state index contributed by atoms with van der Waals surface area (Å²) < 4.78 is 10.8. The number of alkyl halides is 1. The second kappa shape index (κ2) is 18.0. The summed E-state index contributed by atoms with van der Waals surface area (Å²) >= 11 is 3.32. The van der Waals surface area contributed by atoms with Crippen molar-refractivity contribution in [3.8, 4) is 11.5 Å². The molecule has 13 nitrogen and oxygen atoms in total. The van der Waals surface area contributed by atoms with E-state index in [1.165, 1.54) is 29.8 Å². The van der Waals surface area contributed by atoms with Crippen LogP contribution in [-0.2, 0) is 11.9 Å². The third-order valence-corrected chi connectivity index (χ3v) is 6.59. The number of nitro benzene ring substituents is 2. The Morgan fingerprint density at radius 1 is 0.860 bits per heavy atom. The van der Waals surface area contributed by atoms with Crippen molar-refractivity contribution in [1.82, 2.24) is 9.97 Å². The van der Waals surface area contributed by atoms with Crippen LogP contribution in [0.25, 0.3) is 0 Å². The Bertz CT molecular complexity index is 1470. The van der Waals surface area contributed by atoms with E-state index in [2.05, 4.69) is 36.1 Å². The number of anilines is 2. The van der Waals surface area contributed by atoms with Crippen LogP contribution in [0.15, 0.2) is 85.5 Å². The number of benzene rings is 2.